The highest BCUT2D eigenvalue weighted by Crippen LogP contribution is 2.24. The van der Waals surface area contributed by atoms with E-state index < -0.39 is 0 Å². The van der Waals surface area contributed by atoms with Gasteiger partial charge in [0.25, 0.3) is 0 Å². The fourth-order valence-electron chi connectivity index (χ4n) is 3.39. The normalized spacial score (nSPS) is 13.3. The second-order valence-corrected chi connectivity index (χ2v) is 7.31. The summed E-state index contributed by atoms with van der Waals surface area (Å²) < 4.78 is 0. The molecule has 0 atom stereocenters. The van der Waals surface area contributed by atoms with E-state index in [4.69, 9.17) is 0 Å². The lowest BCUT2D eigenvalue weighted by atomic mass is 10.2. The molecule has 0 aromatic heterocycles. The molecule has 1 aliphatic rings. The third kappa shape index (κ3) is 4.82. The summed E-state index contributed by atoms with van der Waals surface area (Å²) in [7, 11) is 3.93. The van der Waals surface area contributed by atoms with Crippen LogP contribution in [-0.2, 0) is 9.59 Å². The summed E-state index contributed by atoms with van der Waals surface area (Å²) in [5, 5.41) is 2.86. The highest BCUT2D eigenvalue weighted by Gasteiger charge is 2.17. The van der Waals surface area contributed by atoms with Crippen molar-refractivity contribution in [2.45, 2.75) is 19.8 Å². The Labute approximate surface area is 166 Å². The van der Waals surface area contributed by atoms with Crippen molar-refractivity contribution >= 4 is 34.6 Å². The van der Waals surface area contributed by atoms with E-state index in [0.29, 0.717) is 5.69 Å². The van der Waals surface area contributed by atoms with Crippen LogP contribution in [0.25, 0.3) is 0 Å². The van der Waals surface area contributed by atoms with Crippen LogP contribution < -0.4 is 20.0 Å². The summed E-state index contributed by atoms with van der Waals surface area (Å²) >= 11 is 0. The Morgan fingerprint density at radius 1 is 0.929 bits per heavy atom. The van der Waals surface area contributed by atoms with Gasteiger partial charge in [0, 0.05) is 56.9 Å². The Morgan fingerprint density at radius 3 is 2.04 bits per heavy atom. The molecule has 6 nitrogen and oxygen atoms in total. The molecule has 2 aromatic carbocycles. The third-order valence-electron chi connectivity index (χ3n) is 4.98. The zero-order chi connectivity index (χ0) is 20.1. The first-order valence-corrected chi connectivity index (χ1v) is 9.64. The Bertz CT molecular complexity index is 809. The quantitative estimate of drug-likeness (QED) is 0.835. The van der Waals surface area contributed by atoms with Crippen molar-refractivity contribution in [3.05, 3.63) is 48.5 Å². The van der Waals surface area contributed by atoms with E-state index in [1.54, 1.807) is 0 Å². The summed E-state index contributed by atoms with van der Waals surface area (Å²) in [5.41, 5.74) is 3.66. The zero-order valence-electron chi connectivity index (χ0n) is 16.8. The first-order valence-electron chi connectivity index (χ1n) is 9.64. The predicted molar refractivity (Wildman–Crippen MR) is 115 cm³/mol. The van der Waals surface area contributed by atoms with Gasteiger partial charge in [0.05, 0.1) is 0 Å². The summed E-state index contributed by atoms with van der Waals surface area (Å²) in [6.45, 7) is 3.61. The number of nitrogens with zero attached hydrogens (tertiary/aromatic N) is 3. The van der Waals surface area contributed by atoms with E-state index in [2.05, 4.69) is 10.2 Å². The molecular formula is C22H28N4O2. The fraction of sp³-hybridized carbons (Fsp3) is 0.364. The van der Waals surface area contributed by atoms with Gasteiger partial charge in [0.1, 0.15) is 6.54 Å². The van der Waals surface area contributed by atoms with Crippen LogP contribution in [0.4, 0.5) is 22.7 Å². The van der Waals surface area contributed by atoms with Crippen LogP contribution in [0.3, 0.4) is 0 Å². The summed E-state index contributed by atoms with van der Waals surface area (Å²) in [6, 6.07) is 15.5. The number of hydrogen-bond acceptors (Lipinski definition) is 4. The maximum atomic E-state index is 12.5. The first kappa shape index (κ1) is 19.7. The summed E-state index contributed by atoms with van der Waals surface area (Å²) in [5.74, 6) is -0.386. The zero-order valence-corrected chi connectivity index (χ0v) is 16.8. The number of anilines is 4. The molecule has 3 rings (SSSR count). The number of carbonyl (C=O) groups is 2. The molecule has 0 spiro atoms. The lowest BCUT2D eigenvalue weighted by molar-refractivity contribution is -0.120. The number of rotatable bonds is 6. The minimum absolute atomic E-state index is 0.0200. The summed E-state index contributed by atoms with van der Waals surface area (Å²) in [6.07, 6.45) is 2.44. The largest absolute Gasteiger partial charge is 0.378 e. The van der Waals surface area contributed by atoms with Gasteiger partial charge in [-0.3, -0.25) is 9.59 Å². The maximum Gasteiger partial charge on any atom is 0.244 e. The number of hydrogen-bond donors (Lipinski definition) is 1. The molecule has 148 valence electrons. The Hall–Kier alpha value is -3.02. The van der Waals surface area contributed by atoms with Crippen molar-refractivity contribution in [3.63, 3.8) is 0 Å². The van der Waals surface area contributed by atoms with E-state index in [9.17, 15) is 9.59 Å². The lowest BCUT2D eigenvalue weighted by Crippen LogP contribution is -2.36. The van der Waals surface area contributed by atoms with Crippen molar-refractivity contribution in [3.8, 4) is 0 Å². The highest BCUT2D eigenvalue weighted by atomic mass is 16.2. The van der Waals surface area contributed by atoms with Gasteiger partial charge in [0.2, 0.25) is 11.8 Å². The number of amides is 2. The number of nitrogens with one attached hydrogen (secondary N) is 1. The van der Waals surface area contributed by atoms with Crippen molar-refractivity contribution in [2.75, 3.05) is 53.7 Å². The van der Waals surface area contributed by atoms with Gasteiger partial charge < -0.3 is 20.0 Å². The first-order chi connectivity index (χ1) is 13.4. The molecule has 0 radical (unpaired) electrons. The van der Waals surface area contributed by atoms with Crippen LogP contribution in [-0.4, -0.2) is 45.5 Å². The molecule has 1 saturated heterocycles. The monoisotopic (exact) mass is 380 g/mol. The topological polar surface area (TPSA) is 55.9 Å². The molecule has 2 aromatic rings. The minimum atomic E-state index is -0.226. The summed E-state index contributed by atoms with van der Waals surface area (Å²) in [4.78, 5) is 30.4. The number of carbonyl (C=O) groups excluding carboxylic acids is 2. The van der Waals surface area contributed by atoms with Crippen LogP contribution in [0.5, 0.6) is 0 Å². The highest BCUT2D eigenvalue weighted by molar-refractivity contribution is 6.01. The molecule has 28 heavy (non-hydrogen) atoms. The molecular weight excluding hydrogens is 352 g/mol. The molecule has 6 heteroatoms. The standard InChI is InChI=1S/C22H28N4O2/c1-17(27)26(21-12-10-20(11-13-21)25-14-4-5-15-25)16-22(28)23-18-6-8-19(9-7-18)24(2)3/h6-13H,4-5,14-16H2,1-3H3,(H,23,28). The van der Waals surface area contributed by atoms with E-state index in [1.165, 1.54) is 24.7 Å². The molecule has 1 fully saturated rings. The van der Waals surface area contributed by atoms with E-state index in [1.807, 2.05) is 67.5 Å². The van der Waals surface area contributed by atoms with Gasteiger partial charge in [0.15, 0.2) is 0 Å². The molecule has 1 N–H and O–H groups in total. The van der Waals surface area contributed by atoms with Crippen molar-refractivity contribution in [1.82, 2.24) is 0 Å². The van der Waals surface area contributed by atoms with Crippen LogP contribution in [0.2, 0.25) is 0 Å². The number of benzene rings is 2. The van der Waals surface area contributed by atoms with Crippen LogP contribution in [0, 0.1) is 0 Å². The average Bonchev–Trinajstić information content (AvgIpc) is 3.21. The molecule has 0 aliphatic carbocycles. The maximum absolute atomic E-state index is 12.5. The van der Waals surface area contributed by atoms with Crippen molar-refractivity contribution in [2.24, 2.45) is 0 Å². The minimum Gasteiger partial charge on any atom is -0.378 e. The smallest absolute Gasteiger partial charge is 0.244 e. The second-order valence-electron chi connectivity index (χ2n) is 7.31. The molecule has 1 heterocycles. The predicted octanol–water partition coefficient (Wildman–Crippen LogP) is 3.34. The Morgan fingerprint density at radius 2 is 1.50 bits per heavy atom. The van der Waals surface area contributed by atoms with Crippen LogP contribution >= 0.6 is 0 Å². The van der Waals surface area contributed by atoms with E-state index >= 15 is 0 Å². The van der Waals surface area contributed by atoms with E-state index in [0.717, 1.165) is 30.2 Å². The Balaban J connectivity index is 1.65. The fourth-order valence-corrected chi connectivity index (χ4v) is 3.39. The van der Waals surface area contributed by atoms with Gasteiger partial charge in [-0.1, -0.05) is 0 Å². The SMILES string of the molecule is CC(=O)N(CC(=O)Nc1ccc(N(C)C)cc1)c1ccc(N2CCCC2)cc1. The van der Waals surface area contributed by atoms with Gasteiger partial charge in [-0.2, -0.15) is 0 Å². The van der Waals surface area contributed by atoms with E-state index in [-0.39, 0.29) is 18.4 Å². The van der Waals surface area contributed by atoms with Gasteiger partial charge in [-0.05, 0) is 61.4 Å². The van der Waals surface area contributed by atoms with Crippen molar-refractivity contribution < 1.29 is 9.59 Å². The van der Waals surface area contributed by atoms with Crippen LogP contribution in [0.1, 0.15) is 19.8 Å². The van der Waals surface area contributed by atoms with Gasteiger partial charge in [-0.25, -0.2) is 0 Å². The second kappa shape index (κ2) is 8.78. The molecule has 0 unspecified atom stereocenters. The van der Waals surface area contributed by atoms with Gasteiger partial charge in [-0.15, -0.1) is 0 Å². The molecule has 0 saturated carbocycles. The Kier molecular flexibility index (Phi) is 6.19. The molecule has 1 aliphatic heterocycles. The van der Waals surface area contributed by atoms with Crippen LogP contribution in [0.15, 0.2) is 48.5 Å². The molecule has 2 amide bonds. The van der Waals surface area contributed by atoms with Gasteiger partial charge >= 0.3 is 0 Å². The third-order valence-corrected chi connectivity index (χ3v) is 4.98. The lowest BCUT2D eigenvalue weighted by Gasteiger charge is -2.23. The average molecular weight is 380 g/mol. The van der Waals surface area contributed by atoms with Crippen molar-refractivity contribution in [1.29, 1.82) is 0 Å². The molecule has 0 bridgehead atoms.